The van der Waals surface area contributed by atoms with E-state index in [0.717, 1.165) is 12.5 Å². The fourth-order valence-corrected chi connectivity index (χ4v) is 1.66. The minimum Gasteiger partial charge on any atom is -0.313 e. The number of nitrogens with zero attached hydrogens (tertiary/aromatic N) is 1. The second-order valence-corrected chi connectivity index (χ2v) is 4.60. The van der Waals surface area contributed by atoms with E-state index < -0.39 is 0 Å². The highest BCUT2D eigenvalue weighted by molar-refractivity contribution is 4.77. The van der Waals surface area contributed by atoms with Crippen LogP contribution in [-0.4, -0.2) is 37.1 Å². The maximum Gasteiger partial charge on any atom is 0.0107 e. The van der Waals surface area contributed by atoms with Crippen LogP contribution in [0, 0.1) is 5.92 Å². The van der Waals surface area contributed by atoms with Gasteiger partial charge in [0, 0.05) is 25.7 Å². The van der Waals surface area contributed by atoms with Gasteiger partial charge in [-0.05, 0) is 38.6 Å². The molecule has 0 amide bonds. The van der Waals surface area contributed by atoms with Gasteiger partial charge in [0.25, 0.3) is 0 Å². The third kappa shape index (κ3) is 4.97. The number of hydrogen-bond acceptors (Lipinski definition) is 2. The number of rotatable bonds is 8. The number of hydrogen-bond donors (Lipinski definition) is 1. The van der Waals surface area contributed by atoms with Crippen molar-refractivity contribution in [1.82, 2.24) is 10.2 Å². The van der Waals surface area contributed by atoms with Gasteiger partial charge in [-0.2, -0.15) is 0 Å². The van der Waals surface area contributed by atoms with E-state index in [2.05, 4.69) is 31.0 Å². The summed E-state index contributed by atoms with van der Waals surface area (Å²) in [4.78, 5) is 2.58. The Hall–Kier alpha value is -0.0800. The molecule has 0 spiro atoms. The van der Waals surface area contributed by atoms with Gasteiger partial charge in [-0.15, -0.1) is 0 Å². The molecule has 14 heavy (non-hydrogen) atoms. The van der Waals surface area contributed by atoms with Crippen molar-refractivity contribution in [3.05, 3.63) is 0 Å². The van der Waals surface area contributed by atoms with Crippen LogP contribution < -0.4 is 5.32 Å². The zero-order chi connectivity index (χ0) is 10.4. The van der Waals surface area contributed by atoms with Crippen molar-refractivity contribution in [2.75, 3.05) is 26.2 Å². The van der Waals surface area contributed by atoms with E-state index in [1.807, 2.05) is 0 Å². The zero-order valence-corrected chi connectivity index (χ0v) is 10.1. The molecular formula is C12H26N2. The average Bonchev–Trinajstić information content (AvgIpc) is 2.99. The van der Waals surface area contributed by atoms with Gasteiger partial charge in [0.15, 0.2) is 0 Å². The van der Waals surface area contributed by atoms with Crippen molar-refractivity contribution in [1.29, 1.82) is 0 Å². The Bertz CT molecular complexity index is 143. The van der Waals surface area contributed by atoms with Crippen LogP contribution in [0.4, 0.5) is 0 Å². The lowest BCUT2D eigenvalue weighted by Crippen LogP contribution is -2.36. The average molecular weight is 198 g/mol. The Morgan fingerprint density at radius 3 is 2.57 bits per heavy atom. The van der Waals surface area contributed by atoms with E-state index in [-0.39, 0.29) is 0 Å². The van der Waals surface area contributed by atoms with Gasteiger partial charge >= 0.3 is 0 Å². The highest BCUT2D eigenvalue weighted by Gasteiger charge is 2.23. The third-order valence-corrected chi connectivity index (χ3v) is 3.19. The first-order chi connectivity index (χ1) is 6.76. The van der Waals surface area contributed by atoms with E-state index in [1.165, 1.54) is 38.9 Å². The molecule has 2 heteroatoms. The van der Waals surface area contributed by atoms with Gasteiger partial charge in [0.1, 0.15) is 0 Å². The SMILES string of the molecule is CCC(C)NCCN(CC)CC1CC1. The van der Waals surface area contributed by atoms with Crippen LogP contribution in [0.25, 0.3) is 0 Å². The lowest BCUT2D eigenvalue weighted by molar-refractivity contribution is 0.272. The summed E-state index contributed by atoms with van der Waals surface area (Å²) in [5.41, 5.74) is 0. The predicted octanol–water partition coefficient (Wildman–Crippen LogP) is 2.11. The van der Waals surface area contributed by atoms with Crippen molar-refractivity contribution in [2.24, 2.45) is 5.92 Å². The zero-order valence-electron chi connectivity index (χ0n) is 10.1. The summed E-state index contributed by atoms with van der Waals surface area (Å²) in [6.07, 6.45) is 4.17. The van der Waals surface area contributed by atoms with Crippen molar-refractivity contribution >= 4 is 0 Å². The fraction of sp³-hybridized carbons (Fsp3) is 1.00. The Morgan fingerprint density at radius 2 is 2.07 bits per heavy atom. The molecule has 1 rings (SSSR count). The molecule has 0 saturated heterocycles. The first-order valence-corrected chi connectivity index (χ1v) is 6.22. The second-order valence-electron chi connectivity index (χ2n) is 4.60. The van der Waals surface area contributed by atoms with Gasteiger partial charge in [-0.3, -0.25) is 0 Å². The highest BCUT2D eigenvalue weighted by Crippen LogP contribution is 2.29. The van der Waals surface area contributed by atoms with Gasteiger partial charge in [0.05, 0.1) is 0 Å². The molecule has 2 nitrogen and oxygen atoms in total. The predicted molar refractivity (Wildman–Crippen MR) is 62.6 cm³/mol. The molecule has 0 aromatic heterocycles. The monoisotopic (exact) mass is 198 g/mol. The van der Waals surface area contributed by atoms with E-state index >= 15 is 0 Å². The van der Waals surface area contributed by atoms with Gasteiger partial charge < -0.3 is 10.2 Å². The molecule has 1 unspecified atom stereocenters. The van der Waals surface area contributed by atoms with Crippen molar-refractivity contribution < 1.29 is 0 Å². The molecule has 1 atom stereocenters. The summed E-state index contributed by atoms with van der Waals surface area (Å²) in [6.45, 7) is 11.7. The van der Waals surface area contributed by atoms with E-state index in [9.17, 15) is 0 Å². The summed E-state index contributed by atoms with van der Waals surface area (Å²) in [7, 11) is 0. The van der Waals surface area contributed by atoms with E-state index in [1.54, 1.807) is 0 Å². The first-order valence-electron chi connectivity index (χ1n) is 6.22. The Morgan fingerprint density at radius 1 is 1.36 bits per heavy atom. The van der Waals surface area contributed by atoms with Crippen molar-refractivity contribution in [3.8, 4) is 0 Å². The maximum absolute atomic E-state index is 3.55. The summed E-state index contributed by atoms with van der Waals surface area (Å²) in [5, 5.41) is 3.55. The molecule has 1 fully saturated rings. The van der Waals surface area contributed by atoms with Gasteiger partial charge in [-0.25, -0.2) is 0 Å². The molecule has 0 aromatic rings. The highest BCUT2D eigenvalue weighted by atomic mass is 15.1. The molecule has 0 aromatic carbocycles. The topological polar surface area (TPSA) is 15.3 Å². The van der Waals surface area contributed by atoms with Crippen LogP contribution in [0.15, 0.2) is 0 Å². The fourth-order valence-electron chi connectivity index (χ4n) is 1.66. The molecule has 1 saturated carbocycles. The maximum atomic E-state index is 3.55. The quantitative estimate of drug-likeness (QED) is 0.642. The Balaban J connectivity index is 2.01. The molecule has 0 heterocycles. The first kappa shape index (κ1) is 12.0. The van der Waals surface area contributed by atoms with E-state index in [4.69, 9.17) is 0 Å². The minimum absolute atomic E-state index is 0.676. The van der Waals surface area contributed by atoms with Crippen LogP contribution in [-0.2, 0) is 0 Å². The second kappa shape index (κ2) is 6.41. The molecule has 1 aliphatic rings. The normalized spacial score (nSPS) is 18.9. The molecule has 0 aliphatic heterocycles. The van der Waals surface area contributed by atoms with Gasteiger partial charge in [0.2, 0.25) is 0 Å². The smallest absolute Gasteiger partial charge is 0.0107 e. The van der Waals surface area contributed by atoms with Crippen LogP contribution in [0.2, 0.25) is 0 Å². The van der Waals surface area contributed by atoms with Crippen LogP contribution in [0.3, 0.4) is 0 Å². The lowest BCUT2D eigenvalue weighted by Gasteiger charge is -2.21. The number of nitrogens with one attached hydrogen (secondary N) is 1. The summed E-state index contributed by atoms with van der Waals surface area (Å²) in [5.74, 6) is 1.03. The van der Waals surface area contributed by atoms with Crippen LogP contribution >= 0.6 is 0 Å². The lowest BCUT2D eigenvalue weighted by atomic mass is 10.2. The summed E-state index contributed by atoms with van der Waals surface area (Å²) >= 11 is 0. The molecule has 1 aliphatic carbocycles. The Labute approximate surface area is 89.1 Å². The van der Waals surface area contributed by atoms with Crippen molar-refractivity contribution in [3.63, 3.8) is 0 Å². The summed E-state index contributed by atoms with van der Waals surface area (Å²) < 4.78 is 0. The number of likely N-dealkylation sites (N-methyl/N-ethyl adjacent to an activating group) is 1. The standard InChI is InChI=1S/C12H26N2/c1-4-11(3)13-8-9-14(5-2)10-12-6-7-12/h11-13H,4-10H2,1-3H3. The molecule has 84 valence electrons. The van der Waals surface area contributed by atoms with E-state index in [0.29, 0.717) is 6.04 Å². The summed E-state index contributed by atoms with van der Waals surface area (Å²) in [6, 6.07) is 0.676. The van der Waals surface area contributed by atoms with Crippen LogP contribution in [0.5, 0.6) is 0 Å². The van der Waals surface area contributed by atoms with Gasteiger partial charge in [-0.1, -0.05) is 13.8 Å². The molecule has 0 bridgehead atoms. The molecule has 1 N–H and O–H groups in total. The third-order valence-electron chi connectivity index (χ3n) is 3.19. The Kier molecular flexibility index (Phi) is 5.49. The minimum atomic E-state index is 0.676. The molecular weight excluding hydrogens is 172 g/mol. The largest absolute Gasteiger partial charge is 0.313 e. The van der Waals surface area contributed by atoms with Crippen molar-refractivity contribution in [2.45, 2.75) is 46.1 Å². The van der Waals surface area contributed by atoms with Crippen LogP contribution in [0.1, 0.15) is 40.0 Å². The molecule has 0 radical (unpaired) electrons.